The number of likely N-dealkylation sites (N-methyl/N-ethyl adjacent to an activating group) is 1. The van der Waals surface area contributed by atoms with Gasteiger partial charge in [-0.2, -0.15) is 0 Å². The molecule has 2 aliphatic heterocycles. The van der Waals surface area contributed by atoms with Gasteiger partial charge in [0.15, 0.2) is 0 Å². The van der Waals surface area contributed by atoms with E-state index in [0.717, 1.165) is 0 Å². The zero-order valence-corrected chi connectivity index (χ0v) is 11.9. The molecule has 0 aliphatic carbocycles. The van der Waals surface area contributed by atoms with Gasteiger partial charge in [-0.25, -0.2) is 0 Å². The number of hydrogen-bond acceptors (Lipinski definition) is 3. The molecular formula is C14H29N3. The molecule has 2 heterocycles. The van der Waals surface area contributed by atoms with Crippen LogP contribution in [0.15, 0.2) is 0 Å². The molecule has 0 spiro atoms. The predicted molar refractivity (Wildman–Crippen MR) is 73.4 cm³/mol. The van der Waals surface area contributed by atoms with Gasteiger partial charge in [0.1, 0.15) is 0 Å². The lowest BCUT2D eigenvalue weighted by molar-refractivity contribution is 0.100. The molecule has 0 amide bonds. The van der Waals surface area contributed by atoms with Gasteiger partial charge in [-0.05, 0) is 38.4 Å². The zero-order valence-electron chi connectivity index (χ0n) is 11.9. The number of rotatable bonds is 3. The first kappa shape index (κ1) is 13.3. The Morgan fingerprint density at radius 1 is 0.765 bits per heavy atom. The van der Waals surface area contributed by atoms with Gasteiger partial charge in [-0.15, -0.1) is 0 Å². The number of likely N-dealkylation sites (tertiary alicyclic amines) is 1. The van der Waals surface area contributed by atoms with E-state index in [-0.39, 0.29) is 0 Å². The summed E-state index contributed by atoms with van der Waals surface area (Å²) < 4.78 is 0. The van der Waals surface area contributed by atoms with E-state index >= 15 is 0 Å². The Morgan fingerprint density at radius 3 is 1.76 bits per heavy atom. The van der Waals surface area contributed by atoms with Crippen LogP contribution in [0.4, 0.5) is 0 Å². The van der Waals surface area contributed by atoms with Crippen molar-refractivity contribution in [2.24, 2.45) is 5.41 Å². The Bertz CT molecular complexity index is 222. The minimum absolute atomic E-state index is 0.588. The topological polar surface area (TPSA) is 9.72 Å². The summed E-state index contributed by atoms with van der Waals surface area (Å²) in [4.78, 5) is 7.71. The highest BCUT2D eigenvalue weighted by molar-refractivity contribution is 4.79. The van der Waals surface area contributed by atoms with Crippen LogP contribution >= 0.6 is 0 Å². The Labute approximate surface area is 107 Å². The molecule has 0 aromatic carbocycles. The van der Waals surface area contributed by atoms with Crippen molar-refractivity contribution in [3.63, 3.8) is 0 Å². The van der Waals surface area contributed by atoms with E-state index in [9.17, 15) is 0 Å². The van der Waals surface area contributed by atoms with E-state index in [1.807, 2.05) is 0 Å². The van der Waals surface area contributed by atoms with Gasteiger partial charge in [0.2, 0.25) is 0 Å². The Balaban J connectivity index is 1.63. The molecule has 0 radical (unpaired) electrons. The molecule has 100 valence electrons. The highest BCUT2D eigenvalue weighted by atomic mass is 15.3. The molecule has 0 saturated carbocycles. The molecule has 17 heavy (non-hydrogen) atoms. The molecule has 0 bridgehead atoms. The van der Waals surface area contributed by atoms with Crippen molar-refractivity contribution in [1.82, 2.24) is 14.7 Å². The van der Waals surface area contributed by atoms with Gasteiger partial charge in [0.25, 0.3) is 0 Å². The summed E-state index contributed by atoms with van der Waals surface area (Å²) in [6.45, 7) is 15.0. The first-order valence-electron chi connectivity index (χ1n) is 7.18. The second-order valence-corrected chi connectivity index (χ2v) is 6.65. The third-order valence-electron chi connectivity index (χ3n) is 4.54. The Kier molecular flexibility index (Phi) is 4.45. The fraction of sp³-hybridized carbons (Fsp3) is 1.00. The maximum atomic E-state index is 2.66. The van der Waals surface area contributed by atoms with E-state index in [0.29, 0.717) is 5.41 Å². The first-order chi connectivity index (χ1) is 8.05. The highest BCUT2D eigenvalue weighted by Gasteiger charge is 2.25. The number of piperazine rings is 1. The van der Waals surface area contributed by atoms with Crippen LogP contribution in [0.5, 0.6) is 0 Å². The molecule has 2 fully saturated rings. The van der Waals surface area contributed by atoms with E-state index in [2.05, 4.69) is 35.6 Å². The van der Waals surface area contributed by atoms with Gasteiger partial charge in [0, 0.05) is 39.3 Å². The van der Waals surface area contributed by atoms with Crippen molar-refractivity contribution in [3.05, 3.63) is 0 Å². The lowest BCUT2D eigenvalue weighted by atomic mass is 9.83. The van der Waals surface area contributed by atoms with Gasteiger partial charge in [0.05, 0.1) is 0 Å². The van der Waals surface area contributed by atoms with Crippen LogP contribution < -0.4 is 0 Å². The van der Waals surface area contributed by atoms with Gasteiger partial charge >= 0.3 is 0 Å². The van der Waals surface area contributed by atoms with Crippen LogP contribution in [0.1, 0.15) is 26.7 Å². The number of piperidine rings is 1. The summed E-state index contributed by atoms with van der Waals surface area (Å²) in [5.41, 5.74) is 0.588. The van der Waals surface area contributed by atoms with Crippen molar-refractivity contribution >= 4 is 0 Å². The molecule has 0 unspecified atom stereocenters. The normalized spacial score (nSPS) is 28.4. The Morgan fingerprint density at radius 2 is 1.24 bits per heavy atom. The van der Waals surface area contributed by atoms with E-state index < -0.39 is 0 Å². The van der Waals surface area contributed by atoms with Crippen molar-refractivity contribution in [2.45, 2.75) is 26.7 Å². The van der Waals surface area contributed by atoms with Gasteiger partial charge < -0.3 is 9.80 Å². The van der Waals surface area contributed by atoms with Crippen LogP contribution in [0, 0.1) is 5.41 Å². The van der Waals surface area contributed by atoms with Crippen LogP contribution in [0.25, 0.3) is 0 Å². The summed E-state index contributed by atoms with van der Waals surface area (Å²) in [6.07, 6.45) is 2.74. The van der Waals surface area contributed by atoms with Gasteiger partial charge in [-0.3, -0.25) is 4.90 Å². The standard InChI is InChI=1S/C14H29N3/c1-14(2)4-6-16(7-5-14)12-13-17-10-8-15(3)9-11-17/h4-13H2,1-3H3. The average Bonchev–Trinajstić information content (AvgIpc) is 2.30. The van der Waals surface area contributed by atoms with Crippen molar-refractivity contribution in [1.29, 1.82) is 0 Å². The zero-order chi connectivity index (χ0) is 12.3. The molecule has 0 atom stereocenters. The quantitative estimate of drug-likeness (QED) is 0.736. The summed E-state index contributed by atoms with van der Waals surface area (Å²) in [6, 6.07) is 0. The molecule has 3 nitrogen and oxygen atoms in total. The molecule has 2 saturated heterocycles. The minimum Gasteiger partial charge on any atom is -0.304 e. The largest absolute Gasteiger partial charge is 0.304 e. The number of hydrogen-bond donors (Lipinski definition) is 0. The lowest BCUT2D eigenvalue weighted by Crippen LogP contribution is -2.48. The summed E-state index contributed by atoms with van der Waals surface area (Å²) in [5, 5.41) is 0. The molecular weight excluding hydrogens is 210 g/mol. The smallest absolute Gasteiger partial charge is 0.0110 e. The van der Waals surface area contributed by atoms with Crippen LogP contribution in [0.2, 0.25) is 0 Å². The molecule has 0 aromatic heterocycles. The van der Waals surface area contributed by atoms with Crippen molar-refractivity contribution in [3.8, 4) is 0 Å². The van der Waals surface area contributed by atoms with Gasteiger partial charge in [-0.1, -0.05) is 13.8 Å². The second-order valence-electron chi connectivity index (χ2n) is 6.65. The molecule has 2 rings (SSSR count). The fourth-order valence-corrected chi connectivity index (χ4v) is 2.74. The predicted octanol–water partition coefficient (Wildman–Crippen LogP) is 1.36. The monoisotopic (exact) mass is 239 g/mol. The van der Waals surface area contributed by atoms with E-state index in [1.54, 1.807) is 0 Å². The highest BCUT2D eigenvalue weighted by Crippen LogP contribution is 2.29. The Hall–Kier alpha value is -0.120. The maximum absolute atomic E-state index is 2.66. The van der Waals surface area contributed by atoms with E-state index in [1.165, 1.54) is 65.2 Å². The lowest BCUT2D eigenvalue weighted by Gasteiger charge is -2.39. The molecule has 0 aromatic rings. The fourth-order valence-electron chi connectivity index (χ4n) is 2.74. The maximum Gasteiger partial charge on any atom is 0.0110 e. The van der Waals surface area contributed by atoms with Crippen molar-refractivity contribution < 1.29 is 0 Å². The molecule has 3 heteroatoms. The average molecular weight is 239 g/mol. The van der Waals surface area contributed by atoms with Crippen molar-refractivity contribution in [2.75, 3.05) is 59.4 Å². The summed E-state index contributed by atoms with van der Waals surface area (Å²) >= 11 is 0. The third-order valence-corrected chi connectivity index (χ3v) is 4.54. The SMILES string of the molecule is CN1CCN(CCN2CCC(C)(C)CC2)CC1. The third kappa shape index (κ3) is 4.23. The first-order valence-corrected chi connectivity index (χ1v) is 7.18. The van der Waals surface area contributed by atoms with E-state index in [4.69, 9.17) is 0 Å². The molecule has 0 N–H and O–H groups in total. The van der Waals surface area contributed by atoms with Crippen LogP contribution in [0.3, 0.4) is 0 Å². The second kappa shape index (κ2) is 5.68. The minimum atomic E-state index is 0.588. The summed E-state index contributed by atoms with van der Waals surface area (Å²) in [5.74, 6) is 0. The van der Waals surface area contributed by atoms with Crippen LogP contribution in [-0.4, -0.2) is 74.1 Å². The number of nitrogens with zero attached hydrogens (tertiary/aromatic N) is 3. The van der Waals surface area contributed by atoms with Crippen LogP contribution in [-0.2, 0) is 0 Å². The molecule has 2 aliphatic rings. The summed E-state index contributed by atoms with van der Waals surface area (Å²) in [7, 11) is 2.23.